The van der Waals surface area contributed by atoms with Crippen LogP contribution in [0.25, 0.3) is 0 Å². The third kappa shape index (κ3) is 2.94. The molecule has 3 aromatic rings. The minimum Gasteiger partial charge on any atom is -0.467 e. The SMILES string of the molecule is O=c1[nH]nc(N(Cc2ccco2)c2ccc(Cl)cc2)c(=O)[nH]1. The van der Waals surface area contributed by atoms with Crippen LogP contribution in [0.15, 0.2) is 56.7 Å². The van der Waals surface area contributed by atoms with E-state index < -0.39 is 11.2 Å². The highest BCUT2D eigenvalue weighted by molar-refractivity contribution is 6.30. The molecule has 0 saturated heterocycles. The van der Waals surface area contributed by atoms with Crippen molar-refractivity contribution in [2.45, 2.75) is 6.54 Å². The van der Waals surface area contributed by atoms with Crippen LogP contribution in [0.3, 0.4) is 0 Å². The monoisotopic (exact) mass is 318 g/mol. The molecule has 0 fully saturated rings. The molecule has 0 aliphatic heterocycles. The largest absolute Gasteiger partial charge is 0.467 e. The normalized spacial score (nSPS) is 10.6. The lowest BCUT2D eigenvalue weighted by molar-refractivity contribution is 0.509. The number of halogens is 1. The fourth-order valence-corrected chi connectivity index (χ4v) is 2.12. The minimum atomic E-state index is -0.664. The van der Waals surface area contributed by atoms with Gasteiger partial charge < -0.3 is 9.32 Å². The summed E-state index contributed by atoms with van der Waals surface area (Å²) in [5.41, 5.74) is -0.570. The van der Waals surface area contributed by atoms with Gasteiger partial charge in [0, 0.05) is 10.7 Å². The number of anilines is 2. The van der Waals surface area contributed by atoms with Gasteiger partial charge in [-0.05, 0) is 36.4 Å². The summed E-state index contributed by atoms with van der Waals surface area (Å²) in [6.07, 6.45) is 1.54. The Morgan fingerprint density at radius 1 is 1.18 bits per heavy atom. The van der Waals surface area contributed by atoms with Crippen molar-refractivity contribution in [3.8, 4) is 0 Å². The lowest BCUT2D eigenvalue weighted by atomic mass is 10.2. The molecule has 2 aromatic heterocycles. The molecule has 0 aliphatic carbocycles. The first-order chi connectivity index (χ1) is 10.6. The number of hydrogen-bond donors (Lipinski definition) is 2. The molecule has 0 spiro atoms. The van der Waals surface area contributed by atoms with Gasteiger partial charge in [0.2, 0.25) is 5.82 Å². The molecular formula is C14H11ClN4O3. The smallest absolute Gasteiger partial charge is 0.342 e. The van der Waals surface area contributed by atoms with Gasteiger partial charge in [0.25, 0.3) is 5.56 Å². The van der Waals surface area contributed by atoms with Gasteiger partial charge in [0.05, 0.1) is 12.8 Å². The Balaban J connectivity index is 2.07. The van der Waals surface area contributed by atoms with Crippen LogP contribution in [-0.2, 0) is 6.54 Å². The summed E-state index contributed by atoms with van der Waals surface area (Å²) < 4.78 is 5.31. The number of nitrogens with zero attached hydrogens (tertiary/aromatic N) is 2. The number of H-pyrrole nitrogens is 2. The molecular weight excluding hydrogens is 308 g/mol. The second kappa shape index (κ2) is 5.90. The molecule has 0 radical (unpaired) electrons. The number of furan rings is 1. The highest BCUT2D eigenvalue weighted by Crippen LogP contribution is 2.24. The van der Waals surface area contributed by atoms with Gasteiger partial charge in [-0.3, -0.25) is 9.78 Å². The van der Waals surface area contributed by atoms with Crippen LogP contribution in [0.1, 0.15) is 5.76 Å². The molecule has 0 bridgehead atoms. The average Bonchev–Trinajstić information content (AvgIpc) is 2.99. The van der Waals surface area contributed by atoms with E-state index in [0.29, 0.717) is 16.5 Å². The quantitative estimate of drug-likeness (QED) is 0.767. The summed E-state index contributed by atoms with van der Waals surface area (Å²) in [6.45, 7) is 0.275. The van der Waals surface area contributed by atoms with E-state index in [1.165, 1.54) is 0 Å². The molecule has 2 heterocycles. The summed E-state index contributed by atoms with van der Waals surface area (Å²) in [5.74, 6) is 0.695. The predicted octanol–water partition coefficient (Wildman–Crippen LogP) is 2.04. The molecule has 112 valence electrons. The Hall–Kier alpha value is -2.80. The summed E-state index contributed by atoms with van der Waals surface area (Å²) in [6, 6.07) is 10.4. The highest BCUT2D eigenvalue weighted by atomic mass is 35.5. The number of rotatable bonds is 4. The molecule has 0 aliphatic rings. The van der Waals surface area contributed by atoms with Crippen molar-refractivity contribution in [2.75, 3.05) is 4.90 Å². The Labute approximate surface area is 129 Å². The first kappa shape index (κ1) is 14.2. The lowest BCUT2D eigenvalue weighted by Gasteiger charge is -2.21. The number of aromatic amines is 2. The standard InChI is InChI=1S/C14H11ClN4O3/c15-9-3-5-10(6-4-9)19(8-11-2-1-7-22-11)12-13(20)16-14(21)18-17-12/h1-7H,8H2,(H2,16,18,20,21). The molecule has 2 N–H and O–H groups in total. The third-order valence-corrected chi connectivity index (χ3v) is 3.23. The highest BCUT2D eigenvalue weighted by Gasteiger charge is 2.17. The summed E-state index contributed by atoms with van der Waals surface area (Å²) in [5, 5.41) is 6.62. The van der Waals surface area contributed by atoms with Crippen LogP contribution in [0.5, 0.6) is 0 Å². The number of benzene rings is 1. The van der Waals surface area contributed by atoms with Crippen LogP contribution < -0.4 is 16.1 Å². The van der Waals surface area contributed by atoms with E-state index in [4.69, 9.17) is 16.0 Å². The van der Waals surface area contributed by atoms with E-state index in [2.05, 4.69) is 15.2 Å². The molecule has 0 unspecified atom stereocenters. The van der Waals surface area contributed by atoms with E-state index >= 15 is 0 Å². The van der Waals surface area contributed by atoms with Crippen LogP contribution in [-0.4, -0.2) is 15.2 Å². The number of nitrogens with one attached hydrogen (secondary N) is 2. The molecule has 0 saturated carbocycles. The average molecular weight is 319 g/mol. The van der Waals surface area contributed by atoms with E-state index in [0.717, 1.165) is 0 Å². The Kier molecular flexibility index (Phi) is 3.80. The lowest BCUT2D eigenvalue weighted by Crippen LogP contribution is -2.31. The van der Waals surface area contributed by atoms with Gasteiger partial charge in [0.15, 0.2) is 0 Å². The Morgan fingerprint density at radius 3 is 2.59 bits per heavy atom. The van der Waals surface area contributed by atoms with Crippen LogP contribution >= 0.6 is 11.6 Å². The topological polar surface area (TPSA) is 95.0 Å². The molecule has 1 aromatic carbocycles. The van der Waals surface area contributed by atoms with E-state index in [1.54, 1.807) is 47.6 Å². The van der Waals surface area contributed by atoms with Crippen molar-refractivity contribution in [3.63, 3.8) is 0 Å². The molecule has 7 nitrogen and oxygen atoms in total. The van der Waals surface area contributed by atoms with Crippen LogP contribution in [0.4, 0.5) is 11.5 Å². The Morgan fingerprint density at radius 2 is 1.95 bits per heavy atom. The van der Waals surface area contributed by atoms with E-state index in [-0.39, 0.29) is 12.4 Å². The maximum atomic E-state index is 12.0. The van der Waals surface area contributed by atoms with Gasteiger partial charge in [-0.25, -0.2) is 9.89 Å². The second-order valence-corrected chi connectivity index (χ2v) is 4.91. The van der Waals surface area contributed by atoms with Gasteiger partial charge in [-0.2, -0.15) is 0 Å². The van der Waals surface area contributed by atoms with Crippen LogP contribution in [0.2, 0.25) is 5.02 Å². The van der Waals surface area contributed by atoms with Gasteiger partial charge in [-0.15, -0.1) is 5.10 Å². The third-order valence-electron chi connectivity index (χ3n) is 2.98. The Bertz CT molecular complexity index is 868. The first-order valence-electron chi connectivity index (χ1n) is 6.38. The zero-order valence-electron chi connectivity index (χ0n) is 11.2. The summed E-state index contributed by atoms with van der Waals surface area (Å²) in [7, 11) is 0. The van der Waals surface area contributed by atoms with Crippen molar-refractivity contribution in [1.29, 1.82) is 0 Å². The van der Waals surface area contributed by atoms with E-state index in [9.17, 15) is 9.59 Å². The minimum absolute atomic E-state index is 0.0540. The molecule has 0 amide bonds. The van der Waals surface area contributed by atoms with Crippen molar-refractivity contribution in [1.82, 2.24) is 15.2 Å². The zero-order chi connectivity index (χ0) is 15.5. The predicted molar refractivity (Wildman–Crippen MR) is 81.5 cm³/mol. The molecule has 0 atom stereocenters. The zero-order valence-corrected chi connectivity index (χ0v) is 12.0. The van der Waals surface area contributed by atoms with Gasteiger partial charge in [0.1, 0.15) is 5.76 Å². The van der Waals surface area contributed by atoms with E-state index in [1.807, 2.05) is 0 Å². The number of aromatic nitrogens is 3. The fourth-order valence-electron chi connectivity index (χ4n) is 1.99. The van der Waals surface area contributed by atoms with Crippen LogP contribution in [0, 0.1) is 0 Å². The molecule has 8 heteroatoms. The summed E-state index contributed by atoms with van der Waals surface area (Å²) >= 11 is 5.89. The second-order valence-electron chi connectivity index (χ2n) is 4.47. The van der Waals surface area contributed by atoms with Crippen molar-refractivity contribution < 1.29 is 4.42 Å². The molecule has 22 heavy (non-hydrogen) atoms. The van der Waals surface area contributed by atoms with Crippen molar-refractivity contribution in [2.24, 2.45) is 0 Å². The van der Waals surface area contributed by atoms with Gasteiger partial charge >= 0.3 is 5.69 Å². The maximum Gasteiger partial charge on any atom is 0.342 e. The maximum absolute atomic E-state index is 12.0. The van der Waals surface area contributed by atoms with Crippen molar-refractivity contribution >= 4 is 23.1 Å². The van der Waals surface area contributed by atoms with Crippen molar-refractivity contribution in [3.05, 3.63) is 74.3 Å². The fraction of sp³-hybridized carbons (Fsp3) is 0.0714. The first-order valence-corrected chi connectivity index (χ1v) is 6.76. The van der Waals surface area contributed by atoms with Gasteiger partial charge in [-0.1, -0.05) is 11.6 Å². The summed E-state index contributed by atoms with van der Waals surface area (Å²) in [4.78, 5) is 26.9. The number of hydrogen-bond acceptors (Lipinski definition) is 5. The molecule has 3 rings (SSSR count).